The Morgan fingerprint density at radius 3 is 2.70 bits per heavy atom. The number of furan rings is 1. The molecule has 1 aromatic carbocycles. The Kier molecular flexibility index (Phi) is 5.04. The highest BCUT2D eigenvalue weighted by Gasteiger charge is 2.11. The zero-order valence-electron chi connectivity index (χ0n) is 14.8. The van der Waals surface area contributed by atoms with E-state index in [1.165, 1.54) is 11.3 Å². The quantitative estimate of drug-likeness (QED) is 0.426. The predicted molar refractivity (Wildman–Crippen MR) is 110 cm³/mol. The zero-order valence-corrected chi connectivity index (χ0v) is 16.5. The van der Waals surface area contributed by atoms with Crippen molar-refractivity contribution in [3.05, 3.63) is 76.1 Å². The number of ether oxygens (including phenoxy) is 1. The van der Waals surface area contributed by atoms with Crippen LogP contribution in [0.5, 0.6) is 5.75 Å². The van der Waals surface area contributed by atoms with Crippen molar-refractivity contribution >= 4 is 34.1 Å². The number of thiazole rings is 1. The van der Waals surface area contributed by atoms with Gasteiger partial charge in [0.25, 0.3) is 0 Å². The van der Waals surface area contributed by atoms with Gasteiger partial charge in [0.05, 0.1) is 23.9 Å². The molecule has 4 aromatic rings. The van der Waals surface area contributed by atoms with Gasteiger partial charge in [0, 0.05) is 5.38 Å². The molecule has 27 heavy (non-hydrogen) atoms. The number of nitrogens with zero attached hydrogens (tertiary/aromatic N) is 3. The standard InChI is InChI=1S/C20H17N3O2S2/c1-14(17-9-5-11-25-17)22-23-16(19-10-6-12-26-19)13-27-20(23)21-15-7-3-4-8-18(15)24-2/h3-13H,1-2H3. The smallest absolute Gasteiger partial charge is 0.211 e. The first-order valence-electron chi connectivity index (χ1n) is 8.28. The van der Waals surface area contributed by atoms with E-state index in [4.69, 9.17) is 19.2 Å². The van der Waals surface area contributed by atoms with Crippen LogP contribution in [0.25, 0.3) is 10.6 Å². The summed E-state index contributed by atoms with van der Waals surface area (Å²) in [7, 11) is 1.65. The molecule has 0 unspecified atom stereocenters. The Bertz CT molecular complexity index is 1120. The summed E-state index contributed by atoms with van der Waals surface area (Å²) in [5.41, 5.74) is 2.53. The summed E-state index contributed by atoms with van der Waals surface area (Å²) < 4.78 is 12.8. The molecule has 5 nitrogen and oxygen atoms in total. The van der Waals surface area contributed by atoms with E-state index in [2.05, 4.69) is 16.8 Å². The Hall–Kier alpha value is -2.90. The lowest BCUT2D eigenvalue weighted by Crippen LogP contribution is -2.13. The van der Waals surface area contributed by atoms with Crippen molar-refractivity contribution in [3.8, 4) is 16.3 Å². The summed E-state index contributed by atoms with van der Waals surface area (Å²) in [6, 6.07) is 15.6. The van der Waals surface area contributed by atoms with Gasteiger partial charge in [0.1, 0.15) is 22.9 Å². The van der Waals surface area contributed by atoms with Crippen LogP contribution in [0.4, 0.5) is 5.69 Å². The Morgan fingerprint density at radius 1 is 1.07 bits per heavy atom. The normalized spacial score (nSPS) is 12.5. The first kappa shape index (κ1) is 17.5. The van der Waals surface area contributed by atoms with Crippen molar-refractivity contribution in [2.75, 3.05) is 7.11 Å². The van der Waals surface area contributed by atoms with Crippen LogP contribution < -0.4 is 9.54 Å². The molecular formula is C20H17N3O2S2. The second-order valence-electron chi connectivity index (χ2n) is 5.64. The number of benzene rings is 1. The lowest BCUT2D eigenvalue weighted by atomic mass is 10.3. The monoisotopic (exact) mass is 395 g/mol. The van der Waals surface area contributed by atoms with E-state index in [0.29, 0.717) is 0 Å². The van der Waals surface area contributed by atoms with Crippen molar-refractivity contribution in [1.29, 1.82) is 0 Å². The Morgan fingerprint density at radius 2 is 1.96 bits per heavy atom. The highest BCUT2D eigenvalue weighted by molar-refractivity contribution is 7.14. The topological polar surface area (TPSA) is 52.0 Å². The van der Waals surface area contributed by atoms with E-state index < -0.39 is 0 Å². The SMILES string of the molecule is COc1ccccc1N=c1scc(-c2cccs2)n1N=C(C)c1ccco1. The molecule has 3 heterocycles. The lowest BCUT2D eigenvalue weighted by molar-refractivity contribution is 0.416. The van der Waals surface area contributed by atoms with Gasteiger partial charge in [-0.25, -0.2) is 9.67 Å². The molecule has 0 radical (unpaired) electrons. The van der Waals surface area contributed by atoms with Gasteiger partial charge in [0.15, 0.2) is 0 Å². The van der Waals surface area contributed by atoms with Gasteiger partial charge in [-0.15, -0.1) is 22.7 Å². The fourth-order valence-corrected chi connectivity index (χ4v) is 4.21. The minimum atomic E-state index is 0.724. The molecule has 0 bridgehead atoms. The molecule has 0 saturated carbocycles. The second kappa shape index (κ2) is 7.77. The maximum atomic E-state index is 5.48. The number of methoxy groups -OCH3 is 1. The summed E-state index contributed by atoms with van der Waals surface area (Å²) >= 11 is 3.21. The molecule has 0 aliphatic rings. The number of hydrogen-bond donors (Lipinski definition) is 0. The van der Waals surface area contributed by atoms with Crippen LogP contribution in [0.15, 0.2) is 80.1 Å². The fraction of sp³-hybridized carbons (Fsp3) is 0.100. The average molecular weight is 396 g/mol. The summed E-state index contributed by atoms with van der Waals surface area (Å²) in [6.45, 7) is 1.93. The van der Waals surface area contributed by atoms with E-state index in [1.54, 1.807) is 24.7 Å². The average Bonchev–Trinajstić information content (AvgIpc) is 3.44. The van der Waals surface area contributed by atoms with E-state index >= 15 is 0 Å². The molecule has 7 heteroatoms. The highest BCUT2D eigenvalue weighted by Crippen LogP contribution is 2.28. The largest absolute Gasteiger partial charge is 0.494 e. The van der Waals surface area contributed by atoms with Gasteiger partial charge in [-0.1, -0.05) is 18.2 Å². The number of hydrogen-bond acceptors (Lipinski definition) is 6. The summed E-state index contributed by atoms with van der Waals surface area (Å²) in [6.07, 6.45) is 1.65. The molecule has 0 fully saturated rings. The Balaban J connectivity index is 1.90. The molecule has 0 atom stereocenters. The van der Waals surface area contributed by atoms with Crippen LogP contribution in [-0.2, 0) is 0 Å². The van der Waals surface area contributed by atoms with Crippen molar-refractivity contribution in [2.24, 2.45) is 10.1 Å². The minimum Gasteiger partial charge on any atom is -0.494 e. The molecule has 0 spiro atoms. The second-order valence-corrected chi connectivity index (χ2v) is 7.42. The summed E-state index contributed by atoms with van der Waals surface area (Å²) in [5, 5.41) is 8.91. The van der Waals surface area contributed by atoms with Crippen LogP contribution in [-0.4, -0.2) is 17.5 Å². The van der Waals surface area contributed by atoms with Crippen LogP contribution in [0.1, 0.15) is 12.7 Å². The van der Waals surface area contributed by atoms with Crippen LogP contribution in [0.3, 0.4) is 0 Å². The fourth-order valence-electron chi connectivity index (χ4n) is 2.58. The van der Waals surface area contributed by atoms with Crippen molar-refractivity contribution in [3.63, 3.8) is 0 Å². The first-order chi connectivity index (χ1) is 13.3. The third-order valence-corrected chi connectivity index (χ3v) is 5.60. The number of aromatic nitrogens is 1. The van der Waals surface area contributed by atoms with Gasteiger partial charge < -0.3 is 9.15 Å². The number of thiophene rings is 1. The maximum Gasteiger partial charge on any atom is 0.211 e. The van der Waals surface area contributed by atoms with Crippen LogP contribution >= 0.6 is 22.7 Å². The molecule has 3 aromatic heterocycles. The number of rotatable bonds is 5. The molecule has 4 rings (SSSR count). The van der Waals surface area contributed by atoms with E-state index in [0.717, 1.165) is 38.3 Å². The van der Waals surface area contributed by atoms with Crippen molar-refractivity contribution in [1.82, 2.24) is 4.68 Å². The van der Waals surface area contributed by atoms with Crippen molar-refractivity contribution < 1.29 is 9.15 Å². The third-order valence-electron chi connectivity index (χ3n) is 3.89. The maximum absolute atomic E-state index is 5.48. The zero-order chi connectivity index (χ0) is 18.6. The van der Waals surface area contributed by atoms with E-state index in [-0.39, 0.29) is 0 Å². The Labute approximate surface area is 164 Å². The number of para-hydroxylation sites is 2. The van der Waals surface area contributed by atoms with Gasteiger partial charge in [-0.2, -0.15) is 5.10 Å². The van der Waals surface area contributed by atoms with Crippen molar-refractivity contribution in [2.45, 2.75) is 6.92 Å². The molecule has 0 N–H and O–H groups in total. The summed E-state index contributed by atoms with van der Waals surface area (Å²) in [4.78, 5) is 6.69. The molecular weight excluding hydrogens is 378 g/mol. The first-order valence-corrected chi connectivity index (χ1v) is 10.0. The van der Waals surface area contributed by atoms with Crippen LogP contribution in [0.2, 0.25) is 0 Å². The van der Waals surface area contributed by atoms with Gasteiger partial charge in [-0.05, 0) is 42.6 Å². The molecule has 0 saturated heterocycles. The van der Waals surface area contributed by atoms with Gasteiger partial charge in [0.2, 0.25) is 4.80 Å². The molecule has 136 valence electrons. The molecule has 0 aliphatic carbocycles. The summed E-state index contributed by atoms with van der Waals surface area (Å²) in [5.74, 6) is 1.45. The van der Waals surface area contributed by atoms with Gasteiger partial charge in [-0.3, -0.25) is 0 Å². The predicted octanol–water partition coefficient (Wildman–Crippen LogP) is 5.38. The van der Waals surface area contributed by atoms with E-state index in [1.807, 2.05) is 54.1 Å². The lowest BCUT2D eigenvalue weighted by Gasteiger charge is -2.05. The van der Waals surface area contributed by atoms with Gasteiger partial charge >= 0.3 is 0 Å². The highest BCUT2D eigenvalue weighted by atomic mass is 32.1. The van der Waals surface area contributed by atoms with Crippen LogP contribution in [0, 0.1) is 0 Å². The van der Waals surface area contributed by atoms with E-state index in [9.17, 15) is 0 Å². The third kappa shape index (κ3) is 3.65. The minimum absolute atomic E-state index is 0.724. The molecule has 0 aliphatic heterocycles. The molecule has 0 amide bonds.